The number of anilines is 1. The maximum atomic E-state index is 5.93. The lowest BCUT2D eigenvalue weighted by Crippen LogP contribution is -2.18. The molecule has 0 bridgehead atoms. The van der Waals surface area contributed by atoms with Crippen molar-refractivity contribution in [3.05, 3.63) is 54.5 Å². The molecule has 0 radical (unpaired) electrons. The third kappa shape index (κ3) is 2.44. The van der Waals surface area contributed by atoms with Gasteiger partial charge < -0.3 is 15.0 Å². The predicted molar refractivity (Wildman–Crippen MR) is 85.6 cm³/mol. The Bertz CT molecular complexity index is 755. The van der Waals surface area contributed by atoms with Gasteiger partial charge in [-0.15, -0.1) is 0 Å². The summed E-state index contributed by atoms with van der Waals surface area (Å²) in [5.74, 6) is 1.33. The molecule has 2 aromatic heterocycles. The van der Waals surface area contributed by atoms with E-state index in [0.29, 0.717) is 5.92 Å². The number of benzene rings is 1. The highest BCUT2D eigenvalue weighted by Crippen LogP contribution is 2.34. The van der Waals surface area contributed by atoms with Crippen molar-refractivity contribution in [3.8, 4) is 0 Å². The topological polar surface area (TPSA) is 62.8 Å². The van der Waals surface area contributed by atoms with Crippen LogP contribution in [0, 0.1) is 5.92 Å². The first kappa shape index (κ1) is 13.3. The van der Waals surface area contributed by atoms with Crippen LogP contribution in [-0.2, 0) is 4.74 Å². The van der Waals surface area contributed by atoms with Crippen molar-refractivity contribution in [1.29, 1.82) is 0 Å². The maximum absolute atomic E-state index is 5.93. The van der Waals surface area contributed by atoms with Gasteiger partial charge in [-0.2, -0.15) is 0 Å². The van der Waals surface area contributed by atoms with Crippen molar-refractivity contribution < 1.29 is 4.74 Å². The first-order chi connectivity index (χ1) is 10.9. The number of ether oxygens (including phenoxy) is 1. The Hall–Kier alpha value is -2.40. The Morgan fingerprint density at radius 1 is 1.18 bits per heavy atom. The van der Waals surface area contributed by atoms with Gasteiger partial charge in [0.2, 0.25) is 0 Å². The summed E-state index contributed by atoms with van der Waals surface area (Å²) < 4.78 is 5.93. The van der Waals surface area contributed by atoms with Gasteiger partial charge in [0.1, 0.15) is 17.8 Å². The summed E-state index contributed by atoms with van der Waals surface area (Å²) in [6.07, 6.45) is 4.70. The van der Waals surface area contributed by atoms with Crippen molar-refractivity contribution in [2.75, 3.05) is 18.5 Å². The fourth-order valence-electron chi connectivity index (χ4n) is 3.10. The summed E-state index contributed by atoms with van der Waals surface area (Å²) in [4.78, 5) is 11.7. The van der Waals surface area contributed by atoms with Gasteiger partial charge in [0, 0.05) is 25.3 Å². The zero-order valence-electron chi connectivity index (χ0n) is 12.2. The van der Waals surface area contributed by atoms with E-state index in [4.69, 9.17) is 4.74 Å². The normalized spacial score (nSPS) is 21.3. The van der Waals surface area contributed by atoms with Crippen molar-refractivity contribution >= 4 is 16.9 Å². The molecular formula is C17H18N4O. The summed E-state index contributed by atoms with van der Waals surface area (Å²) in [6.45, 7) is 1.66. The van der Waals surface area contributed by atoms with Crippen LogP contribution in [0.2, 0.25) is 0 Å². The number of hydrogen-bond donors (Lipinski definition) is 2. The Morgan fingerprint density at radius 2 is 2.09 bits per heavy atom. The van der Waals surface area contributed by atoms with Crippen LogP contribution < -0.4 is 5.32 Å². The van der Waals surface area contributed by atoms with E-state index in [1.165, 1.54) is 5.56 Å². The largest absolute Gasteiger partial charge is 0.373 e. The van der Waals surface area contributed by atoms with E-state index in [1.54, 1.807) is 6.33 Å². The van der Waals surface area contributed by atoms with Gasteiger partial charge in [-0.1, -0.05) is 30.3 Å². The van der Waals surface area contributed by atoms with E-state index in [0.717, 1.165) is 36.4 Å². The first-order valence-electron chi connectivity index (χ1n) is 7.60. The summed E-state index contributed by atoms with van der Waals surface area (Å²) in [5.41, 5.74) is 2.11. The van der Waals surface area contributed by atoms with Gasteiger partial charge >= 0.3 is 0 Å². The minimum Gasteiger partial charge on any atom is -0.373 e. The molecule has 1 aliphatic rings. The van der Waals surface area contributed by atoms with E-state index in [1.807, 2.05) is 18.3 Å². The molecule has 0 unspecified atom stereocenters. The van der Waals surface area contributed by atoms with Crippen LogP contribution >= 0.6 is 0 Å². The van der Waals surface area contributed by atoms with Crippen LogP contribution in [0.1, 0.15) is 18.1 Å². The molecule has 4 rings (SSSR count). The molecule has 0 saturated carbocycles. The average Bonchev–Trinajstić information content (AvgIpc) is 3.23. The van der Waals surface area contributed by atoms with Crippen molar-refractivity contribution in [3.63, 3.8) is 0 Å². The van der Waals surface area contributed by atoms with E-state index in [-0.39, 0.29) is 6.10 Å². The van der Waals surface area contributed by atoms with Crippen molar-refractivity contribution in [2.24, 2.45) is 5.92 Å². The molecule has 3 aromatic rings. The van der Waals surface area contributed by atoms with Gasteiger partial charge in [0.05, 0.1) is 11.5 Å². The Balaban J connectivity index is 1.50. The van der Waals surface area contributed by atoms with Gasteiger partial charge in [-0.05, 0) is 18.1 Å². The highest BCUT2D eigenvalue weighted by Gasteiger charge is 2.29. The zero-order chi connectivity index (χ0) is 14.8. The molecule has 1 aromatic carbocycles. The maximum Gasteiger partial charge on any atom is 0.142 e. The quantitative estimate of drug-likeness (QED) is 0.776. The van der Waals surface area contributed by atoms with Crippen molar-refractivity contribution in [1.82, 2.24) is 15.0 Å². The lowest BCUT2D eigenvalue weighted by Gasteiger charge is -2.19. The van der Waals surface area contributed by atoms with Gasteiger partial charge in [-0.3, -0.25) is 0 Å². The molecule has 0 amide bonds. The number of aromatic nitrogens is 3. The zero-order valence-corrected chi connectivity index (χ0v) is 12.2. The fourth-order valence-corrected chi connectivity index (χ4v) is 3.10. The van der Waals surface area contributed by atoms with Crippen LogP contribution in [0.4, 0.5) is 5.82 Å². The van der Waals surface area contributed by atoms with E-state index < -0.39 is 0 Å². The number of aromatic amines is 1. The second-order valence-electron chi connectivity index (χ2n) is 5.59. The lowest BCUT2D eigenvalue weighted by atomic mass is 9.95. The van der Waals surface area contributed by atoms with Crippen LogP contribution in [0.25, 0.3) is 11.0 Å². The smallest absolute Gasteiger partial charge is 0.142 e. The number of fused-ring (bicyclic) bond motifs is 1. The Morgan fingerprint density at radius 3 is 3.00 bits per heavy atom. The summed E-state index contributed by atoms with van der Waals surface area (Å²) in [6, 6.07) is 12.4. The molecule has 5 heteroatoms. The molecule has 3 heterocycles. The van der Waals surface area contributed by atoms with Crippen LogP contribution in [-0.4, -0.2) is 28.1 Å². The average molecular weight is 294 g/mol. The second kappa shape index (κ2) is 5.77. The minimum absolute atomic E-state index is 0.164. The molecule has 1 aliphatic heterocycles. The monoisotopic (exact) mass is 294 g/mol. The third-order valence-corrected chi connectivity index (χ3v) is 4.23. The standard InChI is InChI=1S/C17H18N4O/c1-2-4-12(5-3-1)15-13(7-9-22-15)10-19-17-14-6-8-18-16(14)20-11-21-17/h1-6,8,11,13,15H,7,9-10H2,(H2,18,19,20,21)/t13-,15-/m0/s1. The SMILES string of the molecule is c1ccc([C@@H]2OCC[C@H]2CNc2ncnc3[nH]ccc23)cc1. The number of nitrogens with one attached hydrogen (secondary N) is 2. The Kier molecular flexibility index (Phi) is 3.48. The second-order valence-corrected chi connectivity index (χ2v) is 5.59. The Labute approximate surface area is 128 Å². The fraction of sp³-hybridized carbons (Fsp3) is 0.294. The van der Waals surface area contributed by atoms with Crippen molar-refractivity contribution in [2.45, 2.75) is 12.5 Å². The molecule has 2 N–H and O–H groups in total. The molecule has 2 atom stereocenters. The molecule has 1 saturated heterocycles. The van der Waals surface area contributed by atoms with Gasteiger partial charge in [-0.25, -0.2) is 9.97 Å². The van der Waals surface area contributed by atoms with Gasteiger partial charge in [0.25, 0.3) is 0 Å². The molecule has 5 nitrogen and oxygen atoms in total. The van der Waals surface area contributed by atoms with E-state index >= 15 is 0 Å². The number of rotatable bonds is 4. The molecule has 112 valence electrons. The molecule has 0 spiro atoms. The molecule has 0 aliphatic carbocycles. The predicted octanol–water partition coefficient (Wildman–Crippen LogP) is 3.15. The molecule has 1 fully saturated rings. The number of H-pyrrole nitrogens is 1. The molecule has 22 heavy (non-hydrogen) atoms. The molecular weight excluding hydrogens is 276 g/mol. The van der Waals surface area contributed by atoms with E-state index in [9.17, 15) is 0 Å². The third-order valence-electron chi connectivity index (χ3n) is 4.23. The summed E-state index contributed by atoms with van der Waals surface area (Å²) in [5, 5.41) is 4.49. The summed E-state index contributed by atoms with van der Waals surface area (Å²) in [7, 11) is 0. The summed E-state index contributed by atoms with van der Waals surface area (Å²) >= 11 is 0. The van der Waals surface area contributed by atoms with E-state index in [2.05, 4.69) is 44.5 Å². The number of hydrogen-bond acceptors (Lipinski definition) is 4. The lowest BCUT2D eigenvalue weighted by molar-refractivity contribution is 0.0933. The minimum atomic E-state index is 0.164. The first-order valence-corrected chi connectivity index (χ1v) is 7.60. The van der Waals surface area contributed by atoms with Crippen LogP contribution in [0.3, 0.4) is 0 Å². The number of nitrogens with zero attached hydrogens (tertiary/aromatic N) is 2. The highest BCUT2D eigenvalue weighted by molar-refractivity contribution is 5.86. The van der Waals surface area contributed by atoms with Crippen LogP contribution in [0.5, 0.6) is 0 Å². The van der Waals surface area contributed by atoms with Crippen LogP contribution in [0.15, 0.2) is 48.9 Å². The van der Waals surface area contributed by atoms with Gasteiger partial charge in [0.15, 0.2) is 0 Å². The highest BCUT2D eigenvalue weighted by atomic mass is 16.5.